The van der Waals surface area contributed by atoms with Crippen molar-refractivity contribution >= 4 is 11.7 Å². The predicted molar refractivity (Wildman–Crippen MR) is 85.0 cm³/mol. The van der Waals surface area contributed by atoms with Crippen molar-refractivity contribution in [2.45, 2.75) is 19.6 Å². The number of benzene rings is 1. The van der Waals surface area contributed by atoms with Gasteiger partial charge in [-0.3, -0.25) is 4.68 Å². The van der Waals surface area contributed by atoms with Gasteiger partial charge in [0.2, 0.25) is 6.79 Å². The fourth-order valence-electron chi connectivity index (χ4n) is 2.94. The number of urea groups is 1. The molecule has 126 valence electrons. The molecule has 8 nitrogen and oxygen atoms in total. The lowest BCUT2D eigenvalue weighted by molar-refractivity contribution is 0.108. The molecule has 1 aromatic heterocycles. The number of rotatable bonds is 3. The molecule has 1 aromatic carbocycles. The third-order valence-electron chi connectivity index (χ3n) is 4.13. The molecule has 2 aliphatic heterocycles. The Labute approximate surface area is 138 Å². The van der Waals surface area contributed by atoms with Crippen LogP contribution in [0.15, 0.2) is 18.2 Å². The van der Waals surface area contributed by atoms with Crippen LogP contribution in [0, 0.1) is 0 Å². The Morgan fingerprint density at radius 2 is 2.21 bits per heavy atom. The maximum Gasteiger partial charge on any atom is 0.319 e. The zero-order valence-corrected chi connectivity index (χ0v) is 13.3. The molecule has 0 saturated carbocycles. The van der Waals surface area contributed by atoms with E-state index < -0.39 is 0 Å². The molecular weight excluding hydrogens is 312 g/mol. The SMILES string of the molecule is Cn1nc(CNC(=O)Nc2ccc3c(c2)OCO3)c2c1CCOC2. The molecule has 8 heteroatoms. The monoisotopic (exact) mass is 330 g/mol. The van der Waals surface area contributed by atoms with Crippen molar-refractivity contribution in [3.8, 4) is 11.5 Å². The maximum atomic E-state index is 12.1. The molecular formula is C16H18N4O4. The van der Waals surface area contributed by atoms with Crippen LogP contribution < -0.4 is 20.1 Å². The highest BCUT2D eigenvalue weighted by molar-refractivity contribution is 5.89. The second kappa shape index (κ2) is 6.04. The van der Waals surface area contributed by atoms with Crippen LogP contribution in [0.5, 0.6) is 11.5 Å². The third-order valence-corrected chi connectivity index (χ3v) is 4.13. The van der Waals surface area contributed by atoms with Gasteiger partial charge in [0.1, 0.15) is 0 Å². The highest BCUT2D eigenvalue weighted by Crippen LogP contribution is 2.34. The minimum atomic E-state index is -0.301. The zero-order valence-electron chi connectivity index (χ0n) is 13.3. The van der Waals surface area contributed by atoms with Gasteiger partial charge < -0.3 is 24.8 Å². The lowest BCUT2D eigenvalue weighted by Crippen LogP contribution is -2.28. The van der Waals surface area contributed by atoms with E-state index in [1.165, 1.54) is 5.69 Å². The zero-order chi connectivity index (χ0) is 16.5. The summed E-state index contributed by atoms with van der Waals surface area (Å²) in [5.41, 5.74) is 3.73. The Morgan fingerprint density at radius 1 is 1.33 bits per heavy atom. The van der Waals surface area contributed by atoms with Crippen LogP contribution in [-0.2, 0) is 31.4 Å². The first-order chi connectivity index (χ1) is 11.7. The minimum absolute atomic E-state index is 0.206. The van der Waals surface area contributed by atoms with Crippen molar-refractivity contribution in [1.82, 2.24) is 15.1 Å². The normalized spacial score (nSPS) is 15.0. The van der Waals surface area contributed by atoms with Gasteiger partial charge in [-0.1, -0.05) is 0 Å². The molecule has 4 rings (SSSR count). The third kappa shape index (κ3) is 2.76. The Bertz CT molecular complexity index is 787. The average Bonchev–Trinajstić information content (AvgIpc) is 3.18. The Kier molecular flexibility index (Phi) is 3.73. The number of nitrogens with zero attached hydrogens (tertiary/aromatic N) is 2. The quantitative estimate of drug-likeness (QED) is 0.891. The lowest BCUT2D eigenvalue weighted by atomic mass is 10.1. The Hall–Kier alpha value is -2.74. The molecule has 0 fully saturated rings. The van der Waals surface area contributed by atoms with E-state index >= 15 is 0 Å². The highest BCUT2D eigenvalue weighted by atomic mass is 16.7. The second-order valence-corrected chi connectivity index (χ2v) is 5.67. The molecule has 0 atom stereocenters. The van der Waals surface area contributed by atoms with E-state index in [1.807, 2.05) is 11.7 Å². The van der Waals surface area contributed by atoms with E-state index in [9.17, 15) is 4.79 Å². The van der Waals surface area contributed by atoms with Crippen molar-refractivity contribution in [2.24, 2.45) is 7.05 Å². The highest BCUT2D eigenvalue weighted by Gasteiger charge is 2.20. The van der Waals surface area contributed by atoms with Crippen LogP contribution in [0.1, 0.15) is 17.0 Å². The van der Waals surface area contributed by atoms with E-state index in [1.54, 1.807) is 18.2 Å². The van der Waals surface area contributed by atoms with Crippen LogP contribution in [0.25, 0.3) is 0 Å². The minimum Gasteiger partial charge on any atom is -0.454 e. The summed E-state index contributed by atoms with van der Waals surface area (Å²) in [4.78, 5) is 12.1. The number of amides is 2. The first-order valence-corrected chi connectivity index (χ1v) is 7.76. The number of hydrogen-bond donors (Lipinski definition) is 2. The largest absolute Gasteiger partial charge is 0.454 e. The van der Waals surface area contributed by atoms with Crippen molar-refractivity contribution < 1.29 is 19.0 Å². The van der Waals surface area contributed by atoms with E-state index in [-0.39, 0.29) is 12.8 Å². The first-order valence-electron chi connectivity index (χ1n) is 7.76. The molecule has 2 N–H and O–H groups in total. The first kappa shape index (κ1) is 14.8. The van der Waals surface area contributed by atoms with Gasteiger partial charge in [0.25, 0.3) is 0 Å². The molecule has 0 unspecified atom stereocenters. The van der Waals surface area contributed by atoms with Gasteiger partial charge in [0.05, 0.1) is 25.5 Å². The molecule has 0 bridgehead atoms. The van der Waals surface area contributed by atoms with E-state index in [0.29, 0.717) is 36.9 Å². The second-order valence-electron chi connectivity index (χ2n) is 5.67. The molecule has 0 saturated heterocycles. The summed E-state index contributed by atoms with van der Waals surface area (Å²) < 4.78 is 17.9. The number of anilines is 1. The van der Waals surface area contributed by atoms with Gasteiger partial charge in [0.15, 0.2) is 11.5 Å². The van der Waals surface area contributed by atoms with Gasteiger partial charge in [-0.2, -0.15) is 5.10 Å². The van der Waals surface area contributed by atoms with E-state index in [2.05, 4.69) is 15.7 Å². The maximum absolute atomic E-state index is 12.1. The summed E-state index contributed by atoms with van der Waals surface area (Å²) in [6, 6.07) is 4.97. The fourth-order valence-corrected chi connectivity index (χ4v) is 2.94. The molecule has 2 aliphatic rings. The van der Waals surface area contributed by atoms with Crippen LogP contribution in [0.4, 0.5) is 10.5 Å². The van der Waals surface area contributed by atoms with Crippen LogP contribution in [0.2, 0.25) is 0 Å². The summed E-state index contributed by atoms with van der Waals surface area (Å²) in [6.45, 7) is 1.81. The van der Waals surface area contributed by atoms with Crippen molar-refractivity contribution in [2.75, 3.05) is 18.7 Å². The molecule has 24 heavy (non-hydrogen) atoms. The molecule has 2 aromatic rings. The molecule has 0 radical (unpaired) electrons. The summed E-state index contributed by atoms with van der Waals surface area (Å²) in [5, 5.41) is 10.1. The summed E-state index contributed by atoms with van der Waals surface area (Å²) >= 11 is 0. The number of aromatic nitrogens is 2. The van der Waals surface area contributed by atoms with Crippen molar-refractivity contribution in [3.63, 3.8) is 0 Å². The van der Waals surface area contributed by atoms with Gasteiger partial charge in [-0.05, 0) is 12.1 Å². The molecule has 2 amide bonds. The summed E-state index contributed by atoms with van der Waals surface area (Å²) in [5.74, 6) is 1.31. The lowest BCUT2D eigenvalue weighted by Gasteiger charge is -2.14. The fraction of sp³-hybridized carbons (Fsp3) is 0.375. The number of ether oxygens (including phenoxy) is 3. The van der Waals surface area contributed by atoms with Crippen LogP contribution in [0.3, 0.4) is 0 Å². The van der Waals surface area contributed by atoms with Gasteiger partial charge in [-0.15, -0.1) is 0 Å². The van der Waals surface area contributed by atoms with Crippen LogP contribution in [-0.4, -0.2) is 29.2 Å². The topological polar surface area (TPSA) is 86.6 Å². The van der Waals surface area contributed by atoms with Gasteiger partial charge in [-0.25, -0.2) is 4.79 Å². The molecule has 3 heterocycles. The standard InChI is InChI=1S/C16H18N4O4/c1-20-13-4-5-22-8-11(13)12(19-20)7-17-16(21)18-10-2-3-14-15(6-10)24-9-23-14/h2-3,6H,4-5,7-9H2,1H3,(H2,17,18,21). The smallest absolute Gasteiger partial charge is 0.319 e. The number of nitrogens with one attached hydrogen (secondary N) is 2. The number of aryl methyl sites for hydroxylation is 1. The Balaban J connectivity index is 1.39. The van der Waals surface area contributed by atoms with Crippen LogP contribution >= 0.6 is 0 Å². The Morgan fingerprint density at radius 3 is 3.12 bits per heavy atom. The number of carbonyl (C=O) groups excluding carboxylic acids is 1. The number of carbonyl (C=O) groups is 1. The van der Waals surface area contributed by atoms with E-state index in [4.69, 9.17) is 14.2 Å². The average molecular weight is 330 g/mol. The summed E-state index contributed by atoms with van der Waals surface area (Å²) in [6.07, 6.45) is 0.849. The van der Waals surface area contributed by atoms with Gasteiger partial charge >= 0.3 is 6.03 Å². The molecule has 0 spiro atoms. The van der Waals surface area contributed by atoms with E-state index in [0.717, 1.165) is 17.7 Å². The van der Waals surface area contributed by atoms with Crippen molar-refractivity contribution in [3.05, 3.63) is 35.2 Å². The summed E-state index contributed by atoms with van der Waals surface area (Å²) in [7, 11) is 1.92. The van der Waals surface area contributed by atoms with Crippen molar-refractivity contribution in [1.29, 1.82) is 0 Å². The molecule has 0 aliphatic carbocycles. The number of hydrogen-bond acceptors (Lipinski definition) is 5. The predicted octanol–water partition coefficient (Wildman–Crippen LogP) is 1.54. The number of fused-ring (bicyclic) bond motifs is 2. The van der Waals surface area contributed by atoms with Gasteiger partial charge in [0, 0.05) is 36.5 Å².